The van der Waals surface area contributed by atoms with Gasteiger partial charge in [0.05, 0.1) is 6.61 Å². The van der Waals surface area contributed by atoms with Crippen molar-refractivity contribution < 1.29 is 5.11 Å². The van der Waals surface area contributed by atoms with Gasteiger partial charge in [-0.15, -0.1) is 0 Å². The molecule has 3 heteroatoms. The van der Waals surface area contributed by atoms with Crippen LogP contribution in [0.4, 0.5) is 0 Å². The number of aliphatic hydroxyl groups excluding tert-OH is 1. The highest BCUT2D eigenvalue weighted by Gasteiger charge is 2.13. The van der Waals surface area contributed by atoms with Gasteiger partial charge < -0.3 is 10.4 Å². The van der Waals surface area contributed by atoms with Crippen molar-refractivity contribution in [1.82, 2.24) is 10.2 Å². The van der Waals surface area contributed by atoms with Crippen molar-refractivity contribution >= 4 is 0 Å². The van der Waals surface area contributed by atoms with E-state index in [1.165, 1.54) is 11.1 Å². The third kappa shape index (κ3) is 5.31. The van der Waals surface area contributed by atoms with Crippen LogP contribution in [-0.4, -0.2) is 42.8 Å². The van der Waals surface area contributed by atoms with Crippen LogP contribution in [0.15, 0.2) is 24.3 Å². The standard InChI is InChI=1S/C16H28N2O/c1-13(2)18(11-12-19)10-9-16(17-4)15-7-5-14(3)6-8-15/h5-8,13,16-17,19H,9-12H2,1-4H3. The van der Waals surface area contributed by atoms with Crippen LogP contribution in [0.5, 0.6) is 0 Å². The number of hydrogen-bond donors (Lipinski definition) is 2. The SMILES string of the molecule is CNC(CCN(CCO)C(C)C)c1ccc(C)cc1. The Kier molecular flexibility index (Phi) is 7.06. The second-order valence-electron chi connectivity index (χ2n) is 5.39. The highest BCUT2D eigenvalue weighted by molar-refractivity contribution is 5.24. The summed E-state index contributed by atoms with van der Waals surface area (Å²) in [6.45, 7) is 8.44. The third-order valence-corrected chi connectivity index (χ3v) is 3.65. The predicted octanol–water partition coefficient (Wildman–Crippen LogP) is 2.35. The molecule has 108 valence electrons. The average molecular weight is 264 g/mol. The van der Waals surface area contributed by atoms with Crippen molar-refractivity contribution in [2.45, 2.75) is 39.3 Å². The molecule has 19 heavy (non-hydrogen) atoms. The van der Waals surface area contributed by atoms with Gasteiger partial charge in [0.1, 0.15) is 0 Å². The molecular formula is C16H28N2O. The average Bonchev–Trinajstić information content (AvgIpc) is 2.39. The molecule has 2 N–H and O–H groups in total. The van der Waals surface area contributed by atoms with Gasteiger partial charge in [-0.05, 0) is 39.8 Å². The van der Waals surface area contributed by atoms with Crippen molar-refractivity contribution in [3.63, 3.8) is 0 Å². The van der Waals surface area contributed by atoms with Gasteiger partial charge in [-0.25, -0.2) is 0 Å². The van der Waals surface area contributed by atoms with Crippen molar-refractivity contribution in [2.75, 3.05) is 26.7 Å². The van der Waals surface area contributed by atoms with E-state index in [0.29, 0.717) is 12.1 Å². The van der Waals surface area contributed by atoms with E-state index in [4.69, 9.17) is 5.11 Å². The maximum absolute atomic E-state index is 9.10. The molecule has 1 rings (SSSR count). The maximum atomic E-state index is 9.10. The monoisotopic (exact) mass is 264 g/mol. The second-order valence-corrected chi connectivity index (χ2v) is 5.39. The normalized spacial score (nSPS) is 13.2. The fourth-order valence-electron chi connectivity index (χ4n) is 2.33. The van der Waals surface area contributed by atoms with E-state index in [0.717, 1.165) is 19.5 Å². The first-order chi connectivity index (χ1) is 9.08. The molecule has 0 aliphatic carbocycles. The van der Waals surface area contributed by atoms with Gasteiger partial charge in [0, 0.05) is 25.2 Å². The largest absolute Gasteiger partial charge is 0.395 e. The lowest BCUT2D eigenvalue weighted by Gasteiger charge is -2.28. The molecule has 0 fully saturated rings. The number of nitrogens with zero attached hydrogens (tertiary/aromatic N) is 1. The third-order valence-electron chi connectivity index (χ3n) is 3.65. The van der Waals surface area contributed by atoms with Gasteiger partial charge in [0.2, 0.25) is 0 Å². The zero-order valence-corrected chi connectivity index (χ0v) is 12.7. The Labute approximate surface area is 117 Å². The summed E-state index contributed by atoms with van der Waals surface area (Å²) in [5.41, 5.74) is 2.63. The molecule has 0 aliphatic heterocycles. The van der Waals surface area contributed by atoms with E-state index < -0.39 is 0 Å². The fraction of sp³-hybridized carbons (Fsp3) is 0.625. The Balaban J connectivity index is 2.59. The summed E-state index contributed by atoms with van der Waals surface area (Å²) in [7, 11) is 2.01. The van der Waals surface area contributed by atoms with E-state index >= 15 is 0 Å². The van der Waals surface area contributed by atoms with Gasteiger partial charge in [0.25, 0.3) is 0 Å². The Hall–Kier alpha value is -0.900. The molecule has 0 amide bonds. The molecule has 0 heterocycles. The highest BCUT2D eigenvalue weighted by atomic mass is 16.3. The molecule has 1 aromatic carbocycles. The summed E-state index contributed by atoms with van der Waals surface area (Å²) in [4.78, 5) is 2.32. The molecule has 1 aromatic rings. The van der Waals surface area contributed by atoms with Crippen molar-refractivity contribution in [3.8, 4) is 0 Å². The van der Waals surface area contributed by atoms with Crippen molar-refractivity contribution in [1.29, 1.82) is 0 Å². The minimum atomic E-state index is 0.229. The Morgan fingerprint density at radius 1 is 1.16 bits per heavy atom. The van der Waals surface area contributed by atoms with Crippen LogP contribution in [0.3, 0.4) is 0 Å². The quantitative estimate of drug-likeness (QED) is 0.756. The first-order valence-electron chi connectivity index (χ1n) is 7.17. The van der Waals surface area contributed by atoms with Gasteiger partial charge in [-0.2, -0.15) is 0 Å². The molecule has 0 aliphatic rings. The van der Waals surface area contributed by atoms with Crippen LogP contribution >= 0.6 is 0 Å². The van der Waals surface area contributed by atoms with Crippen LogP contribution < -0.4 is 5.32 Å². The van der Waals surface area contributed by atoms with Gasteiger partial charge >= 0.3 is 0 Å². The van der Waals surface area contributed by atoms with Crippen LogP contribution in [0.1, 0.15) is 37.4 Å². The van der Waals surface area contributed by atoms with Gasteiger partial charge in [-0.1, -0.05) is 29.8 Å². The van der Waals surface area contributed by atoms with E-state index in [1.807, 2.05) is 7.05 Å². The molecule has 0 bridgehead atoms. The molecule has 0 radical (unpaired) electrons. The molecule has 3 nitrogen and oxygen atoms in total. The number of aryl methyl sites for hydroxylation is 1. The van der Waals surface area contributed by atoms with E-state index in [2.05, 4.69) is 55.3 Å². The first-order valence-corrected chi connectivity index (χ1v) is 7.17. The van der Waals surface area contributed by atoms with E-state index in [9.17, 15) is 0 Å². The summed E-state index contributed by atoms with van der Waals surface area (Å²) in [6.07, 6.45) is 1.05. The minimum absolute atomic E-state index is 0.229. The lowest BCUT2D eigenvalue weighted by atomic mass is 10.0. The van der Waals surface area contributed by atoms with Gasteiger partial charge in [-0.3, -0.25) is 4.90 Å². The Bertz CT molecular complexity index is 348. The molecule has 0 aromatic heterocycles. The molecule has 0 spiro atoms. The maximum Gasteiger partial charge on any atom is 0.0558 e. The fourth-order valence-corrected chi connectivity index (χ4v) is 2.33. The number of aliphatic hydroxyl groups is 1. The molecule has 1 unspecified atom stereocenters. The van der Waals surface area contributed by atoms with Crippen molar-refractivity contribution in [2.24, 2.45) is 0 Å². The topological polar surface area (TPSA) is 35.5 Å². The van der Waals surface area contributed by atoms with Gasteiger partial charge in [0.15, 0.2) is 0 Å². The van der Waals surface area contributed by atoms with Crippen LogP contribution in [-0.2, 0) is 0 Å². The lowest BCUT2D eigenvalue weighted by molar-refractivity contribution is 0.160. The Morgan fingerprint density at radius 3 is 2.26 bits per heavy atom. The predicted molar refractivity (Wildman–Crippen MR) is 81.4 cm³/mol. The molecular weight excluding hydrogens is 236 g/mol. The molecule has 1 atom stereocenters. The zero-order chi connectivity index (χ0) is 14.3. The summed E-state index contributed by atoms with van der Waals surface area (Å²) >= 11 is 0. The summed E-state index contributed by atoms with van der Waals surface area (Å²) in [6, 6.07) is 9.56. The molecule has 0 saturated heterocycles. The number of nitrogens with one attached hydrogen (secondary N) is 1. The van der Waals surface area contributed by atoms with E-state index in [1.54, 1.807) is 0 Å². The van der Waals surface area contributed by atoms with Crippen molar-refractivity contribution in [3.05, 3.63) is 35.4 Å². The summed E-state index contributed by atoms with van der Waals surface area (Å²) < 4.78 is 0. The zero-order valence-electron chi connectivity index (χ0n) is 12.7. The van der Waals surface area contributed by atoms with Crippen LogP contribution in [0.25, 0.3) is 0 Å². The summed E-state index contributed by atoms with van der Waals surface area (Å²) in [5.74, 6) is 0. The lowest BCUT2D eigenvalue weighted by Crippen LogP contribution is -2.36. The summed E-state index contributed by atoms with van der Waals surface area (Å²) in [5, 5.41) is 12.5. The number of hydrogen-bond acceptors (Lipinski definition) is 3. The van der Waals surface area contributed by atoms with Crippen LogP contribution in [0.2, 0.25) is 0 Å². The smallest absolute Gasteiger partial charge is 0.0558 e. The highest BCUT2D eigenvalue weighted by Crippen LogP contribution is 2.18. The first kappa shape index (κ1) is 16.2. The van der Waals surface area contributed by atoms with E-state index in [-0.39, 0.29) is 6.61 Å². The number of benzene rings is 1. The second kappa shape index (κ2) is 8.31. The molecule has 0 saturated carbocycles. The minimum Gasteiger partial charge on any atom is -0.395 e. The number of rotatable bonds is 8. The Morgan fingerprint density at radius 2 is 1.79 bits per heavy atom. The van der Waals surface area contributed by atoms with Crippen LogP contribution in [0, 0.1) is 6.92 Å².